The first-order valence-electron chi connectivity index (χ1n) is 8.60. The maximum Gasteiger partial charge on any atom is 0.0342 e. The molecule has 1 aliphatic carbocycles. The van der Waals surface area contributed by atoms with Crippen molar-refractivity contribution in [3.63, 3.8) is 0 Å². The van der Waals surface area contributed by atoms with Gasteiger partial charge in [-0.25, -0.2) is 0 Å². The molecule has 1 aromatic heterocycles. The minimum absolute atomic E-state index is 0.488. The van der Waals surface area contributed by atoms with E-state index in [0.29, 0.717) is 12.0 Å². The van der Waals surface area contributed by atoms with Crippen LogP contribution >= 0.6 is 11.3 Å². The quantitative estimate of drug-likeness (QED) is 0.618. The van der Waals surface area contributed by atoms with Gasteiger partial charge in [-0.3, -0.25) is 0 Å². The number of benzene rings is 2. The molecular formula is C22H23NS. The monoisotopic (exact) mass is 333 g/mol. The normalized spacial score (nSPS) is 20.1. The highest BCUT2D eigenvalue weighted by Crippen LogP contribution is 2.39. The van der Waals surface area contributed by atoms with Gasteiger partial charge in [-0.05, 0) is 66.7 Å². The molecule has 2 atom stereocenters. The van der Waals surface area contributed by atoms with E-state index in [0.717, 1.165) is 6.42 Å². The smallest absolute Gasteiger partial charge is 0.0342 e. The molecule has 24 heavy (non-hydrogen) atoms. The van der Waals surface area contributed by atoms with E-state index in [9.17, 15) is 0 Å². The van der Waals surface area contributed by atoms with Gasteiger partial charge in [-0.2, -0.15) is 0 Å². The molecule has 122 valence electrons. The Morgan fingerprint density at radius 1 is 0.958 bits per heavy atom. The summed E-state index contributed by atoms with van der Waals surface area (Å²) in [6.07, 6.45) is 2.35. The van der Waals surface area contributed by atoms with Crippen molar-refractivity contribution in [2.75, 3.05) is 14.1 Å². The number of hydrogen-bond donors (Lipinski definition) is 0. The SMILES string of the molecule is CN(C)C1Cc2ccccc2C(c2cccc(-c3cccs3)c2)C1. The second-order valence-electron chi connectivity index (χ2n) is 6.91. The summed E-state index contributed by atoms with van der Waals surface area (Å²) in [5.74, 6) is 0.488. The van der Waals surface area contributed by atoms with Gasteiger partial charge in [0, 0.05) is 16.8 Å². The van der Waals surface area contributed by atoms with Gasteiger partial charge in [0.15, 0.2) is 0 Å². The Morgan fingerprint density at radius 3 is 2.62 bits per heavy atom. The molecule has 1 heterocycles. The Balaban J connectivity index is 1.76. The van der Waals surface area contributed by atoms with E-state index in [2.05, 4.69) is 85.0 Å². The molecule has 1 aliphatic rings. The second-order valence-corrected chi connectivity index (χ2v) is 7.86. The van der Waals surface area contributed by atoms with E-state index >= 15 is 0 Å². The third-order valence-corrected chi connectivity index (χ3v) is 6.14. The van der Waals surface area contributed by atoms with Crippen LogP contribution in [0.2, 0.25) is 0 Å². The maximum atomic E-state index is 2.39. The molecule has 0 fully saturated rings. The van der Waals surface area contributed by atoms with E-state index in [1.54, 1.807) is 0 Å². The molecule has 0 saturated carbocycles. The van der Waals surface area contributed by atoms with Crippen molar-refractivity contribution in [3.05, 3.63) is 82.7 Å². The number of rotatable bonds is 3. The largest absolute Gasteiger partial charge is 0.306 e. The molecule has 0 radical (unpaired) electrons. The fourth-order valence-electron chi connectivity index (χ4n) is 3.86. The molecule has 0 spiro atoms. The molecule has 2 heteroatoms. The molecule has 0 amide bonds. The van der Waals surface area contributed by atoms with Crippen LogP contribution in [0.3, 0.4) is 0 Å². The average Bonchev–Trinajstić information content (AvgIpc) is 3.15. The third-order valence-electron chi connectivity index (χ3n) is 5.22. The summed E-state index contributed by atoms with van der Waals surface area (Å²) < 4.78 is 0. The van der Waals surface area contributed by atoms with E-state index in [-0.39, 0.29) is 0 Å². The molecule has 3 aromatic rings. The lowest BCUT2D eigenvalue weighted by Gasteiger charge is -2.35. The fourth-order valence-corrected chi connectivity index (χ4v) is 4.58. The van der Waals surface area contributed by atoms with Gasteiger partial charge in [0.05, 0.1) is 0 Å². The number of likely N-dealkylation sites (N-methyl/N-ethyl adjacent to an activating group) is 1. The van der Waals surface area contributed by atoms with Gasteiger partial charge in [0.25, 0.3) is 0 Å². The Labute approximate surface area is 148 Å². The van der Waals surface area contributed by atoms with Gasteiger partial charge < -0.3 is 4.90 Å². The van der Waals surface area contributed by atoms with E-state index in [1.807, 2.05) is 11.3 Å². The molecule has 0 bridgehead atoms. The average molecular weight is 334 g/mol. The van der Waals surface area contributed by atoms with Gasteiger partial charge in [0.1, 0.15) is 0 Å². The summed E-state index contributed by atoms with van der Waals surface area (Å²) in [6, 6.07) is 23.1. The molecule has 1 nitrogen and oxygen atoms in total. The van der Waals surface area contributed by atoms with Crippen molar-refractivity contribution in [3.8, 4) is 10.4 Å². The Morgan fingerprint density at radius 2 is 1.83 bits per heavy atom. The molecule has 0 aliphatic heterocycles. The highest BCUT2D eigenvalue weighted by molar-refractivity contribution is 7.13. The molecule has 2 aromatic carbocycles. The zero-order valence-corrected chi connectivity index (χ0v) is 15.1. The fraction of sp³-hybridized carbons (Fsp3) is 0.273. The zero-order chi connectivity index (χ0) is 16.5. The Kier molecular flexibility index (Phi) is 4.26. The maximum absolute atomic E-state index is 2.39. The van der Waals surface area contributed by atoms with Crippen molar-refractivity contribution < 1.29 is 0 Å². The summed E-state index contributed by atoms with van der Waals surface area (Å²) in [7, 11) is 4.41. The third kappa shape index (κ3) is 2.92. The minimum atomic E-state index is 0.488. The Bertz CT molecular complexity index is 820. The van der Waals surface area contributed by atoms with Crippen LogP contribution in [-0.2, 0) is 6.42 Å². The summed E-state index contributed by atoms with van der Waals surface area (Å²) in [5.41, 5.74) is 5.81. The lowest BCUT2D eigenvalue weighted by molar-refractivity contribution is 0.258. The van der Waals surface area contributed by atoms with Crippen LogP contribution < -0.4 is 0 Å². The standard InChI is InChI=1S/C22H23NS/c1-23(2)19-14-17-7-3-4-10-20(17)21(15-19)16-8-5-9-18(13-16)22-11-6-12-24-22/h3-13,19,21H,14-15H2,1-2H3. The number of hydrogen-bond acceptors (Lipinski definition) is 2. The van der Waals surface area contributed by atoms with Crippen LogP contribution in [-0.4, -0.2) is 25.0 Å². The molecular weight excluding hydrogens is 310 g/mol. The summed E-state index contributed by atoms with van der Waals surface area (Å²) in [6.45, 7) is 0. The predicted octanol–water partition coefficient (Wildman–Crippen LogP) is 5.42. The summed E-state index contributed by atoms with van der Waals surface area (Å²) in [4.78, 5) is 3.73. The van der Waals surface area contributed by atoms with E-state index < -0.39 is 0 Å². The number of nitrogens with zero attached hydrogens (tertiary/aromatic N) is 1. The lowest BCUT2D eigenvalue weighted by atomic mass is 9.76. The van der Waals surface area contributed by atoms with Crippen LogP contribution in [0.5, 0.6) is 0 Å². The van der Waals surface area contributed by atoms with Gasteiger partial charge in [-0.15, -0.1) is 11.3 Å². The van der Waals surface area contributed by atoms with Gasteiger partial charge >= 0.3 is 0 Å². The van der Waals surface area contributed by atoms with Crippen molar-refractivity contribution in [2.45, 2.75) is 24.8 Å². The van der Waals surface area contributed by atoms with E-state index in [1.165, 1.54) is 33.6 Å². The highest BCUT2D eigenvalue weighted by atomic mass is 32.1. The first-order chi connectivity index (χ1) is 11.7. The predicted molar refractivity (Wildman–Crippen MR) is 104 cm³/mol. The van der Waals surface area contributed by atoms with Crippen LogP contribution in [0, 0.1) is 0 Å². The van der Waals surface area contributed by atoms with Crippen molar-refractivity contribution in [2.24, 2.45) is 0 Å². The summed E-state index contributed by atoms with van der Waals surface area (Å²) >= 11 is 1.81. The number of thiophene rings is 1. The first kappa shape index (κ1) is 15.6. The van der Waals surface area contributed by atoms with E-state index in [4.69, 9.17) is 0 Å². The molecule has 0 saturated heterocycles. The van der Waals surface area contributed by atoms with Crippen LogP contribution in [0.25, 0.3) is 10.4 Å². The Hall–Kier alpha value is -1.90. The van der Waals surface area contributed by atoms with Crippen molar-refractivity contribution in [1.82, 2.24) is 4.90 Å². The van der Waals surface area contributed by atoms with Gasteiger partial charge in [0.2, 0.25) is 0 Å². The highest BCUT2D eigenvalue weighted by Gasteiger charge is 2.29. The molecule has 4 rings (SSSR count). The summed E-state index contributed by atoms with van der Waals surface area (Å²) in [5, 5.41) is 2.15. The van der Waals surface area contributed by atoms with Crippen molar-refractivity contribution in [1.29, 1.82) is 0 Å². The van der Waals surface area contributed by atoms with Crippen LogP contribution in [0.1, 0.15) is 29.0 Å². The molecule has 0 N–H and O–H groups in total. The zero-order valence-electron chi connectivity index (χ0n) is 14.3. The van der Waals surface area contributed by atoms with Crippen LogP contribution in [0.4, 0.5) is 0 Å². The lowest BCUT2D eigenvalue weighted by Crippen LogP contribution is -2.35. The first-order valence-corrected chi connectivity index (χ1v) is 9.48. The molecule has 2 unspecified atom stereocenters. The number of fused-ring (bicyclic) bond motifs is 1. The topological polar surface area (TPSA) is 3.24 Å². The van der Waals surface area contributed by atoms with Crippen molar-refractivity contribution >= 4 is 11.3 Å². The van der Waals surface area contributed by atoms with Crippen LogP contribution in [0.15, 0.2) is 66.0 Å². The second kappa shape index (κ2) is 6.54. The van der Waals surface area contributed by atoms with Gasteiger partial charge in [-0.1, -0.05) is 48.5 Å². The minimum Gasteiger partial charge on any atom is -0.306 e.